The minimum atomic E-state index is -0.775. The summed E-state index contributed by atoms with van der Waals surface area (Å²) in [7, 11) is 0. The third-order valence-electron chi connectivity index (χ3n) is 5.22. The molecule has 1 aliphatic heterocycles. The van der Waals surface area contributed by atoms with Gasteiger partial charge in [0.1, 0.15) is 6.04 Å². The highest BCUT2D eigenvalue weighted by molar-refractivity contribution is 5.81. The van der Waals surface area contributed by atoms with Crippen LogP contribution in [-0.2, 0) is 9.59 Å². The minimum Gasteiger partial charge on any atom is -0.480 e. The number of hydrogen-bond acceptors (Lipinski definition) is 3. The van der Waals surface area contributed by atoms with Crippen molar-refractivity contribution in [2.24, 2.45) is 5.92 Å². The van der Waals surface area contributed by atoms with Crippen LogP contribution in [0, 0.1) is 5.92 Å². The van der Waals surface area contributed by atoms with Crippen molar-refractivity contribution in [1.29, 1.82) is 0 Å². The van der Waals surface area contributed by atoms with Crippen LogP contribution in [0.5, 0.6) is 0 Å². The molecule has 1 N–H and O–H groups in total. The summed E-state index contributed by atoms with van der Waals surface area (Å²) in [5.74, 6) is -0.264. The lowest BCUT2D eigenvalue weighted by Gasteiger charge is -2.36. The molecule has 126 valence electrons. The van der Waals surface area contributed by atoms with E-state index in [-0.39, 0.29) is 30.6 Å². The van der Waals surface area contributed by atoms with E-state index in [2.05, 4.69) is 0 Å². The Bertz CT molecular complexity index is 414. The summed E-state index contributed by atoms with van der Waals surface area (Å²) in [6.45, 7) is 8.30. The van der Waals surface area contributed by atoms with Gasteiger partial charge in [-0.3, -0.25) is 14.5 Å². The molecule has 0 radical (unpaired) electrons. The van der Waals surface area contributed by atoms with Gasteiger partial charge in [0.05, 0.1) is 6.54 Å². The molecule has 2 fully saturated rings. The third-order valence-corrected chi connectivity index (χ3v) is 5.22. The van der Waals surface area contributed by atoms with E-state index in [0.717, 1.165) is 19.3 Å². The number of carbonyl (C=O) groups is 2. The number of amides is 1. The normalized spacial score (nSPS) is 28.9. The number of carboxylic acid groups (broad SMARTS) is 1. The number of carboxylic acids is 1. The molecular weight excluding hydrogens is 280 g/mol. The second-order valence-electron chi connectivity index (χ2n) is 7.36. The maximum atomic E-state index is 12.7. The number of rotatable bonds is 5. The molecular formula is C17H30N2O3. The monoisotopic (exact) mass is 310 g/mol. The summed E-state index contributed by atoms with van der Waals surface area (Å²) in [6, 6.07) is 0.0688. The van der Waals surface area contributed by atoms with E-state index in [9.17, 15) is 14.7 Å². The van der Waals surface area contributed by atoms with Gasteiger partial charge in [-0.1, -0.05) is 12.8 Å². The standard InChI is InChI=1S/C17H30N2O3/c1-11(2)19(12(3)4)16(20)10-18-14-8-6-5-7-13(14)9-15(18)17(21)22/h11-15H,5-10H2,1-4H3,(H,21,22). The molecule has 0 aromatic heterocycles. The van der Waals surface area contributed by atoms with Gasteiger partial charge in [-0.15, -0.1) is 0 Å². The van der Waals surface area contributed by atoms with Crippen molar-refractivity contribution >= 4 is 11.9 Å². The molecule has 5 nitrogen and oxygen atoms in total. The van der Waals surface area contributed by atoms with Crippen LogP contribution in [0.25, 0.3) is 0 Å². The van der Waals surface area contributed by atoms with Gasteiger partial charge in [0.15, 0.2) is 0 Å². The first-order chi connectivity index (χ1) is 10.3. The van der Waals surface area contributed by atoms with Crippen LogP contribution < -0.4 is 0 Å². The van der Waals surface area contributed by atoms with Gasteiger partial charge in [0.25, 0.3) is 0 Å². The molecule has 2 aliphatic rings. The lowest BCUT2D eigenvalue weighted by Crippen LogP contribution is -2.51. The molecule has 0 aromatic rings. The van der Waals surface area contributed by atoms with Crippen molar-refractivity contribution in [3.8, 4) is 0 Å². The fourth-order valence-electron chi connectivity index (χ4n) is 4.43. The fraction of sp³-hybridized carbons (Fsp3) is 0.882. The van der Waals surface area contributed by atoms with Crippen LogP contribution in [0.2, 0.25) is 0 Å². The average molecular weight is 310 g/mol. The number of aliphatic carboxylic acids is 1. The SMILES string of the molecule is CC(C)N(C(=O)CN1C(C(=O)O)CC2CCCCC21)C(C)C. The Hall–Kier alpha value is -1.10. The maximum absolute atomic E-state index is 12.7. The Morgan fingerprint density at radius 3 is 2.27 bits per heavy atom. The highest BCUT2D eigenvalue weighted by atomic mass is 16.4. The second-order valence-corrected chi connectivity index (χ2v) is 7.36. The van der Waals surface area contributed by atoms with Crippen LogP contribution in [-0.4, -0.2) is 57.5 Å². The van der Waals surface area contributed by atoms with Crippen LogP contribution in [0.3, 0.4) is 0 Å². The molecule has 22 heavy (non-hydrogen) atoms. The van der Waals surface area contributed by atoms with E-state index in [0.29, 0.717) is 12.3 Å². The zero-order valence-electron chi connectivity index (χ0n) is 14.3. The maximum Gasteiger partial charge on any atom is 0.320 e. The predicted octanol–water partition coefficient (Wildman–Crippen LogP) is 2.35. The molecule has 3 unspecified atom stereocenters. The number of hydrogen-bond donors (Lipinski definition) is 1. The molecule has 0 spiro atoms. The summed E-state index contributed by atoms with van der Waals surface area (Å²) >= 11 is 0. The van der Waals surface area contributed by atoms with Crippen molar-refractivity contribution in [3.05, 3.63) is 0 Å². The molecule has 1 heterocycles. The van der Waals surface area contributed by atoms with Crippen LogP contribution >= 0.6 is 0 Å². The molecule has 5 heteroatoms. The molecule has 1 aliphatic carbocycles. The molecule has 3 atom stereocenters. The van der Waals surface area contributed by atoms with Gasteiger partial charge in [-0.2, -0.15) is 0 Å². The van der Waals surface area contributed by atoms with E-state index in [1.165, 1.54) is 6.42 Å². The third kappa shape index (κ3) is 3.45. The number of nitrogens with zero attached hydrogens (tertiary/aromatic N) is 2. The summed E-state index contributed by atoms with van der Waals surface area (Å²) in [4.78, 5) is 28.2. The van der Waals surface area contributed by atoms with Crippen molar-refractivity contribution in [1.82, 2.24) is 9.80 Å². The summed E-state index contributed by atoms with van der Waals surface area (Å²) in [6.07, 6.45) is 5.19. The number of carbonyl (C=O) groups excluding carboxylic acids is 1. The Kier molecular flexibility index (Phi) is 5.48. The van der Waals surface area contributed by atoms with Crippen molar-refractivity contribution in [2.45, 2.75) is 84.0 Å². The van der Waals surface area contributed by atoms with Gasteiger partial charge in [-0.05, 0) is 52.9 Å². The van der Waals surface area contributed by atoms with E-state index in [4.69, 9.17) is 0 Å². The van der Waals surface area contributed by atoms with Gasteiger partial charge in [-0.25, -0.2) is 0 Å². The lowest BCUT2D eigenvalue weighted by atomic mass is 9.85. The van der Waals surface area contributed by atoms with Crippen molar-refractivity contribution in [3.63, 3.8) is 0 Å². The molecule has 1 saturated carbocycles. The topological polar surface area (TPSA) is 60.9 Å². The Morgan fingerprint density at radius 1 is 1.14 bits per heavy atom. The first-order valence-electron chi connectivity index (χ1n) is 8.62. The largest absolute Gasteiger partial charge is 0.480 e. The molecule has 1 amide bonds. The van der Waals surface area contributed by atoms with Crippen LogP contribution in [0.15, 0.2) is 0 Å². The zero-order chi connectivity index (χ0) is 16.4. The summed E-state index contributed by atoms with van der Waals surface area (Å²) in [5.41, 5.74) is 0. The van der Waals surface area contributed by atoms with E-state index >= 15 is 0 Å². The highest BCUT2D eigenvalue weighted by Gasteiger charge is 2.46. The Morgan fingerprint density at radius 2 is 1.73 bits per heavy atom. The fourth-order valence-corrected chi connectivity index (χ4v) is 4.43. The van der Waals surface area contributed by atoms with E-state index in [1.54, 1.807) is 0 Å². The van der Waals surface area contributed by atoms with Gasteiger partial charge < -0.3 is 10.0 Å². The summed E-state index contributed by atoms with van der Waals surface area (Å²) < 4.78 is 0. The molecule has 0 bridgehead atoms. The Labute approximate surface area is 133 Å². The van der Waals surface area contributed by atoms with Crippen molar-refractivity contribution in [2.75, 3.05) is 6.54 Å². The number of likely N-dealkylation sites (tertiary alicyclic amines) is 1. The predicted molar refractivity (Wildman–Crippen MR) is 85.6 cm³/mol. The average Bonchev–Trinajstić information content (AvgIpc) is 2.77. The highest BCUT2D eigenvalue weighted by Crippen LogP contribution is 2.39. The van der Waals surface area contributed by atoms with Gasteiger partial charge in [0.2, 0.25) is 5.91 Å². The minimum absolute atomic E-state index is 0.0578. The lowest BCUT2D eigenvalue weighted by molar-refractivity contribution is -0.145. The van der Waals surface area contributed by atoms with Gasteiger partial charge >= 0.3 is 5.97 Å². The van der Waals surface area contributed by atoms with Crippen LogP contribution in [0.1, 0.15) is 59.8 Å². The quantitative estimate of drug-likeness (QED) is 0.847. The first kappa shape index (κ1) is 17.3. The molecule has 0 aromatic carbocycles. The van der Waals surface area contributed by atoms with E-state index in [1.807, 2.05) is 37.5 Å². The smallest absolute Gasteiger partial charge is 0.320 e. The second kappa shape index (κ2) is 6.99. The van der Waals surface area contributed by atoms with Crippen LogP contribution in [0.4, 0.5) is 0 Å². The zero-order valence-corrected chi connectivity index (χ0v) is 14.3. The summed E-state index contributed by atoms with van der Waals surface area (Å²) in [5, 5.41) is 9.53. The molecule has 2 rings (SSSR count). The van der Waals surface area contributed by atoms with Crippen molar-refractivity contribution < 1.29 is 14.7 Å². The number of fused-ring (bicyclic) bond motifs is 1. The van der Waals surface area contributed by atoms with Gasteiger partial charge in [0, 0.05) is 18.1 Å². The Balaban J connectivity index is 2.13. The molecule has 1 saturated heterocycles. The first-order valence-corrected chi connectivity index (χ1v) is 8.62. The van der Waals surface area contributed by atoms with E-state index < -0.39 is 12.0 Å².